The molecular weight excluding hydrogens is 409 g/mol. The van der Waals surface area contributed by atoms with Gasteiger partial charge in [0.1, 0.15) is 0 Å². The molecule has 1 aromatic carbocycles. The predicted octanol–water partition coefficient (Wildman–Crippen LogP) is 3.99. The Morgan fingerprint density at radius 3 is 2.69 bits per heavy atom. The Balaban J connectivity index is 1.44. The average Bonchev–Trinajstić information content (AvgIpc) is 3.16. The summed E-state index contributed by atoms with van der Waals surface area (Å²) in [7, 11) is 0. The van der Waals surface area contributed by atoms with Crippen LogP contribution in [0.3, 0.4) is 0 Å². The second-order valence-corrected chi connectivity index (χ2v) is 8.57. The number of amides is 2. The fraction of sp³-hybridized carbons (Fsp3) is 0.545. The summed E-state index contributed by atoms with van der Waals surface area (Å²) in [5, 5.41) is 4.53. The summed E-state index contributed by atoms with van der Waals surface area (Å²) >= 11 is 11.9. The molecule has 0 atom stereocenters. The van der Waals surface area contributed by atoms with Crippen LogP contribution in [0.15, 0.2) is 24.3 Å². The van der Waals surface area contributed by atoms with E-state index in [4.69, 9.17) is 23.2 Å². The summed E-state index contributed by atoms with van der Waals surface area (Å²) in [6.07, 6.45) is 9.78. The molecule has 1 N–H and O–H groups in total. The van der Waals surface area contributed by atoms with Crippen LogP contribution in [0.1, 0.15) is 44.1 Å². The zero-order chi connectivity index (χ0) is 20.6. The molecule has 1 aliphatic carbocycles. The second kappa shape index (κ2) is 11.0. The van der Waals surface area contributed by atoms with Crippen molar-refractivity contribution < 1.29 is 9.59 Å². The first-order valence-corrected chi connectivity index (χ1v) is 11.2. The van der Waals surface area contributed by atoms with Gasteiger partial charge in [0, 0.05) is 44.7 Å². The lowest BCUT2D eigenvalue weighted by atomic mass is 10.2. The van der Waals surface area contributed by atoms with E-state index in [-0.39, 0.29) is 11.8 Å². The molecule has 5 nitrogen and oxygen atoms in total. The zero-order valence-electron chi connectivity index (χ0n) is 16.7. The molecule has 158 valence electrons. The summed E-state index contributed by atoms with van der Waals surface area (Å²) < 4.78 is 0. The monoisotopic (exact) mass is 437 g/mol. The Hall–Kier alpha value is -1.56. The van der Waals surface area contributed by atoms with Gasteiger partial charge in [0.05, 0.1) is 10.0 Å². The summed E-state index contributed by atoms with van der Waals surface area (Å²) in [5.74, 6) is 0.0447. The standard InChI is InChI=1S/C22H29Cl2N3O2/c23-19-8-6-17(16-20(19)24)7-9-21(28)27-13-10-22(29)26(14-15-27)12-3-11-25-18-4-1-2-5-18/h6-9,16,18,25H,1-5,10-15H2/b9-7+. The summed E-state index contributed by atoms with van der Waals surface area (Å²) in [6.45, 7) is 3.31. The first kappa shape index (κ1) is 22.1. The molecule has 0 bridgehead atoms. The van der Waals surface area contributed by atoms with Gasteiger partial charge < -0.3 is 15.1 Å². The number of nitrogens with zero attached hydrogens (tertiary/aromatic N) is 2. The Morgan fingerprint density at radius 2 is 1.93 bits per heavy atom. The molecule has 7 heteroatoms. The molecule has 3 rings (SSSR count). The number of benzene rings is 1. The van der Waals surface area contributed by atoms with Crippen LogP contribution in [0.4, 0.5) is 0 Å². The average molecular weight is 438 g/mol. The lowest BCUT2D eigenvalue weighted by molar-refractivity contribution is -0.130. The predicted molar refractivity (Wildman–Crippen MR) is 118 cm³/mol. The van der Waals surface area contributed by atoms with Gasteiger partial charge in [-0.15, -0.1) is 0 Å². The Kier molecular flexibility index (Phi) is 8.40. The van der Waals surface area contributed by atoms with Crippen LogP contribution in [-0.2, 0) is 9.59 Å². The molecule has 2 amide bonds. The van der Waals surface area contributed by atoms with Crippen molar-refractivity contribution in [2.24, 2.45) is 0 Å². The van der Waals surface area contributed by atoms with Crippen molar-refractivity contribution in [3.8, 4) is 0 Å². The molecule has 0 radical (unpaired) electrons. The minimum Gasteiger partial charge on any atom is -0.341 e. The van der Waals surface area contributed by atoms with Crippen LogP contribution < -0.4 is 5.32 Å². The van der Waals surface area contributed by atoms with E-state index in [0.29, 0.717) is 42.1 Å². The maximum Gasteiger partial charge on any atom is 0.246 e. The molecule has 1 heterocycles. The van der Waals surface area contributed by atoms with Crippen LogP contribution in [0.25, 0.3) is 6.08 Å². The number of hydrogen-bond donors (Lipinski definition) is 1. The minimum absolute atomic E-state index is 0.0892. The number of carbonyl (C=O) groups excluding carboxylic acids is 2. The van der Waals surface area contributed by atoms with Crippen LogP contribution in [-0.4, -0.2) is 60.4 Å². The highest BCUT2D eigenvalue weighted by atomic mass is 35.5. The number of nitrogens with one attached hydrogen (secondary N) is 1. The van der Waals surface area contributed by atoms with Gasteiger partial charge in [-0.25, -0.2) is 0 Å². The SMILES string of the molecule is O=C(/C=C/c1ccc(Cl)c(Cl)c1)N1CCC(=O)N(CCCNC2CCCC2)CC1. The van der Waals surface area contributed by atoms with E-state index in [9.17, 15) is 9.59 Å². The number of hydrogen-bond acceptors (Lipinski definition) is 3. The number of halogens is 2. The van der Waals surface area contributed by atoms with Crippen molar-refractivity contribution in [1.29, 1.82) is 0 Å². The summed E-state index contributed by atoms with van der Waals surface area (Å²) in [6, 6.07) is 5.90. The third-order valence-electron chi connectivity index (χ3n) is 5.65. The van der Waals surface area contributed by atoms with Gasteiger partial charge >= 0.3 is 0 Å². The van der Waals surface area contributed by atoms with E-state index in [0.717, 1.165) is 25.1 Å². The Bertz CT molecular complexity index is 748. The highest BCUT2D eigenvalue weighted by Gasteiger charge is 2.22. The topological polar surface area (TPSA) is 52.7 Å². The van der Waals surface area contributed by atoms with E-state index >= 15 is 0 Å². The van der Waals surface area contributed by atoms with E-state index in [1.165, 1.54) is 31.8 Å². The highest BCUT2D eigenvalue weighted by Crippen LogP contribution is 2.23. The molecule has 2 fully saturated rings. The molecule has 2 aliphatic rings. The summed E-state index contributed by atoms with van der Waals surface area (Å²) in [5.41, 5.74) is 0.815. The van der Waals surface area contributed by atoms with Gasteiger partial charge in [0.25, 0.3) is 0 Å². The molecule has 1 aliphatic heterocycles. The molecule has 1 saturated carbocycles. The molecular formula is C22H29Cl2N3O2. The van der Waals surface area contributed by atoms with Crippen molar-refractivity contribution in [3.05, 3.63) is 39.9 Å². The van der Waals surface area contributed by atoms with E-state index in [1.807, 2.05) is 11.0 Å². The van der Waals surface area contributed by atoms with Gasteiger partial charge in [-0.05, 0) is 49.6 Å². The van der Waals surface area contributed by atoms with Gasteiger partial charge in [0.2, 0.25) is 11.8 Å². The molecule has 29 heavy (non-hydrogen) atoms. The lowest BCUT2D eigenvalue weighted by Gasteiger charge is -2.22. The fourth-order valence-electron chi connectivity index (χ4n) is 3.92. The quantitative estimate of drug-likeness (QED) is 0.518. The third-order valence-corrected chi connectivity index (χ3v) is 6.39. The van der Waals surface area contributed by atoms with Crippen molar-refractivity contribution in [3.63, 3.8) is 0 Å². The lowest BCUT2D eigenvalue weighted by Crippen LogP contribution is -2.37. The fourth-order valence-corrected chi connectivity index (χ4v) is 4.23. The number of rotatable bonds is 7. The van der Waals surface area contributed by atoms with Gasteiger partial charge in [-0.1, -0.05) is 42.1 Å². The van der Waals surface area contributed by atoms with Crippen LogP contribution in [0.2, 0.25) is 10.0 Å². The normalized spacial score (nSPS) is 18.6. The second-order valence-electron chi connectivity index (χ2n) is 7.75. The van der Waals surface area contributed by atoms with Crippen molar-refractivity contribution in [2.45, 2.75) is 44.6 Å². The van der Waals surface area contributed by atoms with E-state index in [2.05, 4.69) is 5.32 Å². The van der Waals surface area contributed by atoms with Crippen molar-refractivity contribution in [1.82, 2.24) is 15.1 Å². The number of carbonyl (C=O) groups is 2. The highest BCUT2D eigenvalue weighted by molar-refractivity contribution is 6.42. The van der Waals surface area contributed by atoms with Crippen LogP contribution in [0, 0.1) is 0 Å². The first-order valence-electron chi connectivity index (χ1n) is 10.5. The molecule has 0 unspecified atom stereocenters. The first-order chi connectivity index (χ1) is 14.0. The maximum absolute atomic E-state index is 12.5. The van der Waals surface area contributed by atoms with Crippen molar-refractivity contribution >= 4 is 41.1 Å². The van der Waals surface area contributed by atoms with Crippen LogP contribution >= 0.6 is 23.2 Å². The maximum atomic E-state index is 12.5. The van der Waals surface area contributed by atoms with Gasteiger partial charge in [0.15, 0.2) is 0 Å². The Morgan fingerprint density at radius 1 is 1.14 bits per heavy atom. The molecule has 0 aromatic heterocycles. The summed E-state index contributed by atoms with van der Waals surface area (Å²) in [4.78, 5) is 28.6. The van der Waals surface area contributed by atoms with E-state index < -0.39 is 0 Å². The van der Waals surface area contributed by atoms with Gasteiger partial charge in [-0.3, -0.25) is 9.59 Å². The molecule has 1 saturated heterocycles. The minimum atomic E-state index is -0.0892. The smallest absolute Gasteiger partial charge is 0.246 e. The zero-order valence-corrected chi connectivity index (χ0v) is 18.2. The largest absolute Gasteiger partial charge is 0.341 e. The van der Waals surface area contributed by atoms with E-state index in [1.54, 1.807) is 23.1 Å². The Labute approximate surface area is 183 Å². The van der Waals surface area contributed by atoms with Crippen molar-refractivity contribution in [2.75, 3.05) is 32.7 Å². The van der Waals surface area contributed by atoms with Crippen LogP contribution in [0.5, 0.6) is 0 Å². The van der Waals surface area contributed by atoms with Gasteiger partial charge in [-0.2, -0.15) is 0 Å². The molecule has 0 spiro atoms. The molecule has 1 aromatic rings. The third kappa shape index (κ3) is 6.73.